The van der Waals surface area contributed by atoms with Gasteiger partial charge in [0, 0.05) is 38.1 Å². The number of carboxylic acid groups (broad SMARTS) is 1. The third-order valence-electron chi connectivity index (χ3n) is 6.73. The van der Waals surface area contributed by atoms with Crippen molar-refractivity contribution in [2.45, 2.75) is 55.8 Å². The first-order chi connectivity index (χ1) is 17.6. The maximum Gasteiger partial charge on any atom is 0.407 e. The highest BCUT2D eigenvalue weighted by Crippen LogP contribution is 2.38. The van der Waals surface area contributed by atoms with Crippen molar-refractivity contribution in [1.29, 1.82) is 10.5 Å². The van der Waals surface area contributed by atoms with Crippen LogP contribution in [0.25, 0.3) is 0 Å². The molecule has 2 amide bonds. The van der Waals surface area contributed by atoms with Crippen LogP contribution < -0.4 is 5.73 Å². The molecule has 0 aliphatic carbocycles. The molecule has 1 aliphatic heterocycles. The van der Waals surface area contributed by atoms with E-state index in [2.05, 4.69) is 30.9 Å². The molecule has 1 atom stereocenters. The second-order valence-electron chi connectivity index (χ2n) is 9.58. The van der Waals surface area contributed by atoms with Crippen molar-refractivity contribution >= 4 is 23.8 Å². The van der Waals surface area contributed by atoms with E-state index in [0.717, 1.165) is 18.3 Å². The highest BCUT2D eigenvalue weighted by molar-refractivity contribution is 8.00. The molecule has 1 aliphatic rings. The smallest absolute Gasteiger partial charge is 0.407 e. The molecule has 2 aromatic rings. The molecule has 1 aromatic carbocycles. The van der Waals surface area contributed by atoms with Crippen LogP contribution in [0.15, 0.2) is 35.4 Å². The molecule has 3 N–H and O–H groups in total. The summed E-state index contributed by atoms with van der Waals surface area (Å²) in [4.78, 5) is 32.3. The number of aromatic nitrogens is 1. The van der Waals surface area contributed by atoms with Crippen LogP contribution in [0.5, 0.6) is 0 Å². The van der Waals surface area contributed by atoms with E-state index in [1.807, 2.05) is 37.3 Å². The number of rotatable bonds is 8. The number of hydrogen-bond acceptors (Lipinski definition) is 7. The van der Waals surface area contributed by atoms with Gasteiger partial charge in [0.25, 0.3) is 0 Å². The van der Waals surface area contributed by atoms with Crippen molar-refractivity contribution in [3.8, 4) is 12.1 Å². The molecular weight excluding hydrogens is 488 g/mol. The number of thioether (sulfide) groups is 1. The Hall–Kier alpha value is -3.60. The number of carbonyl (C=O) groups is 2. The maximum absolute atomic E-state index is 12.4. The van der Waals surface area contributed by atoms with Gasteiger partial charge in [-0.05, 0) is 37.8 Å². The molecular formula is C27H32N6O3S. The van der Waals surface area contributed by atoms with Crippen LogP contribution in [0.4, 0.5) is 4.79 Å². The van der Waals surface area contributed by atoms with Crippen LogP contribution in [-0.2, 0) is 17.6 Å². The fraction of sp³-hybridized carbons (Fsp3) is 0.444. The summed E-state index contributed by atoms with van der Waals surface area (Å²) < 4.78 is 0. The van der Waals surface area contributed by atoms with Gasteiger partial charge in [0.1, 0.15) is 22.4 Å². The van der Waals surface area contributed by atoms with Crippen molar-refractivity contribution in [3.63, 3.8) is 0 Å². The maximum atomic E-state index is 12.4. The minimum absolute atomic E-state index is 0.291. The van der Waals surface area contributed by atoms with Gasteiger partial charge in [-0.3, -0.25) is 9.69 Å². The topological polar surface area (TPSA) is 147 Å². The Balaban J connectivity index is 2.02. The van der Waals surface area contributed by atoms with Gasteiger partial charge < -0.3 is 15.7 Å². The number of primary amides is 1. The van der Waals surface area contributed by atoms with E-state index in [4.69, 9.17) is 10.7 Å². The molecule has 2 heterocycles. The summed E-state index contributed by atoms with van der Waals surface area (Å²) in [5, 5.41) is 29.1. The minimum atomic E-state index is -0.920. The van der Waals surface area contributed by atoms with Crippen molar-refractivity contribution in [3.05, 3.63) is 58.3 Å². The normalized spacial score (nSPS) is 15.3. The van der Waals surface area contributed by atoms with Gasteiger partial charge in [0.05, 0.1) is 16.8 Å². The zero-order valence-corrected chi connectivity index (χ0v) is 22.2. The number of carbonyl (C=O) groups excluding carboxylic acids is 1. The average Bonchev–Trinajstić information content (AvgIpc) is 3.14. The lowest BCUT2D eigenvalue weighted by molar-refractivity contribution is -0.117. The van der Waals surface area contributed by atoms with Crippen molar-refractivity contribution in [2.75, 3.05) is 26.2 Å². The van der Waals surface area contributed by atoms with Gasteiger partial charge in [-0.25, -0.2) is 9.78 Å². The van der Waals surface area contributed by atoms with Crippen molar-refractivity contribution < 1.29 is 14.7 Å². The lowest BCUT2D eigenvalue weighted by atomic mass is 9.90. The molecule has 194 valence electrons. The summed E-state index contributed by atoms with van der Waals surface area (Å²) in [6.07, 6.45) is 0.665. The Morgan fingerprint density at radius 3 is 2.38 bits per heavy atom. The van der Waals surface area contributed by atoms with Crippen LogP contribution in [0.3, 0.4) is 0 Å². The molecule has 3 rings (SSSR count). The molecule has 0 saturated carbocycles. The van der Waals surface area contributed by atoms with Crippen molar-refractivity contribution in [1.82, 2.24) is 14.8 Å². The highest BCUT2D eigenvalue weighted by Gasteiger charge is 2.33. The van der Waals surface area contributed by atoms with Crippen LogP contribution in [0.1, 0.15) is 60.4 Å². The summed E-state index contributed by atoms with van der Waals surface area (Å²) in [6, 6.07) is 13.6. The number of nitriles is 2. The third kappa shape index (κ3) is 6.40. The predicted molar refractivity (Wildman–Crippen MR) is 141 cm³/mol. The first-order valence-electron chi connectivity index (χ1n) is 12.2. The van der Waals surface area contributed by atoms with Gasteiger partial charge in [0.15, 0.2) is 0 Å². The van der Waals surface area contributed by atoms with Crippen LogP contribution in [0, 0.1) is 22.7 Å². The zero-order chi connectivity index (χ0) is 27.2. The summed E-state index contributed by atoms with van der Waals surface area (Å²) in [6.45, 7) is 8.17. The van der Waals surface area contributed by atoms with Crippen LogP contribution >= 0.6 is 11.8 Å². The van der Waals surface area contributed by atoms with E-state index >= 15 is 0 Å². The van der Waals surface area contributed by atoms with Gasteiger partial charge >= 0.3 is 6.09 Å². The lowest BCUT2D eigenvalue weighted by Gasteiger charge is -2.38. The van der Waals surface area contributed by atoms with E-state index in [0.29, 0.717) is 71.9 Å². The number of amides is 2. The number of pyridine rings is 1. The molecule has 37 heavy (non-hydrogen) atoms. The molecule has 1 aromatic heterocycles. The fourth-order valence-electron chi connectivity index (χ4n) is 4.74. The molecule has 10 heteroatoms. The second kappa shape index (κ2) is 12.1. The first kappa shape index (κ1) is 28.0. The lowest BCUT2D eigenvalue weighted by Crippen LogP contribution is -2.48. The van der Waals surface area contributed by atoms with Gasteiger partial charge in [-0.1, -0.05) is 49.0 Å². The molecule has 1 fully saturated rings. The van der Waals surface area contributed by atoms with Crippen LogP contribution in [0.2, 0.25) is 0 Å². The van der Waals surface area contributed by atoms with Crippen molar-refractivity contribution in [2.24, 2.45) is 5.73 Å². The number of nitrogens with two attached hydrogens (primary N) is 1. The Labute approximate surface area is 221 Å². The SMILES string of the molecule is CCc1c(C#N)c(CC(C)(C)N2CCCN(C(=O)O)CC2)nc(SC(C(N)=O)c2ccccc2)c1C#N. The van der Waals surface area contributed by atoms with E-state index in [1.54, 1.807) is 0 Å². The zero-order valence-electron chi connectivity index (χ0n) is 21.4. The molecule has 1 saturated heterocycles. The Bertz CT molecular complexity index is 1240. The van der Waals surface area contributed by atoms with Gasteiger partial charge in [-0.2, -0.15) is 10.5 Å². The highest BCUT2D eigenvalue weighted by atomic mass is 32.2. The van der Waals surface area contributed by atoms with E-state index in [-0.39, 0.29) is 0 Å². The van der Waals surface area contributed by atoms with E-state index in [9.17, 15) is 25.2 Å². The van der Waals surface area contributed by atoms with E-state index < -0.39 is 22.8 Å². The fourth-order valence-corrected chi connectivity index (χ4v) is 5.82. The summed E-state index contributed by atoms with van der Waals surface area (Å²) in [7, 11) is 0. The molecule has 0 spiro atoms. The predicted octanol–water partition coefficient (Wildman–Crippen LogP) is 3.71. The van der Waals surface area contributed by atoms with Crippen LogP contribution in [-0.4, -0.2) is 63.6 Å². The first-order valence-corrected chi connectivity index (χ1v) is 13.1. The molecule has 9 nitrogen and oxygen atoms in total. The summed E-state index contributed by atoms with van der Waals surface area (Å²) >= 11 is 1.13. The quantitative estimate of drug-likeness (QED) is 0.501. The van der Waals surface area contributed by atoms with E-state index in [1.165, 1.54) is 4.90 Å². The average molecular weight is 521 g/mol. The Morgan fingerprint density at radius 2 is 1.81 bits per heavy atom. The Kier molecular flexibility index (Phi) is 9.14. The van der Waals surface area contributed by atoms with Gasteiger partial charge in [0.2, 0.25) is 5.91 Å². The Morgan fingerprint density at radius 1 is 1.14 bits per heavy atom. The molecule has 0 radical (unpaired) electrons. The standard InChI is InChI=1S/C27H32N6O3S/c1-4-19-20(16-28)22(15-27(2,3)33-12-8-11-32(13-14-33)26(35)36)31-25(21(19)17-29)37-23(24(30)34)18-9-6-5-7-10-18/h5-7,9-10,23H,4,8,11-15H2,1-3H3,(H2,30,34)(H,35,36). The molecule has 0 bridgehead atoms. The minimum Gasteiger partial charge on any atom is -0.465 e. The third-order valence-corrected chi connectivity index (χ3v) is 7.99. The largest absolute Gasteiger partial charge is 0.465 e. The summed E-state index contributed by atoms with van der Waals surface area (Å²) in [5.41, 5.74) is 7.86. The monoisotopic (exact) mass is 520 g/mol. The molecule has 1 unspecified atom stereocenters. The number of nitrogens with zero attached hydrogens (tertiary/aromatic N) is 5. The number of benzene rings is 1. The summed E-state index contributed by atoms with van der Waals surface area (Å²) in [5.74, 6) is -0.543. The second-order valence-corrected chi connectivity index (χ2v) is 10.7. The van der Waals surface area contributed by atoms with Gasteiger partial charge in [-0.15, -0.1) is 0 Å². The number of hydrogen-bond donors (Lipinski definition) is 2.